The predicted molar refractivity (Wildman–Crippen MR) is 102 cm³/mol. The molecule has 0 saturated heterocycles. The van der Waals surface area contributed by atoms with Crippen LogP contribution in [-0.4, -0.2) is 16.3 Å². The Kier molecular flexibility index (Phi) is 4.37. The molecule has 130 valence electrons. The molecule has 1 saturated carbocycles. The maximum Gasteiger partial charge on any atom is 0.254 e. The molecular weight excluding hydrogens is 306 g/mol. The molecule has 2 aromatic rings. The lowest BCUT2D eigenvalue weighted by Crippen LogP contribution is -2.52. The zero-order valence-corrected chi connectivity index (χ0v) is 15.1. The van der Waals surface area contributed by atoms with Crippen molar-refractivity contribution in [1.82, 2.24) is 4.90 Å². The summed E-state index contributed by atoms with van der Waals surface area (Å²) in [7, 11) is 0. The van der Waals surface area contributed by atoms with Crippen molar-refractivity contribution in [2.24, 2.45) is 0 Å². The van der Waals surface area contributed by atoms with E-state index in [1.165, 1.54) is 30.4 Å². The topological polar surface area (TPSA) is 20.3 Å². The second kappa shape index (κ2) is 6.67. The number of hydrogen-bond acceptors (Lipinski definition) is 1. The minimum absolute atomic E-state index is 0.0175. The number of carbonyl (C=O) groups excluding carboxylic acids is 1. The lowest BCUT2D eigenvalue weighted by molar-refractivity contribution is 0.0262. The van der Waals surface area contributed by atoms with Crippen molar-refractivity contribution in [3.8, 4) is 0 Å². The summed E-state index contributed by atoms with van der Waals surface area (Å²) in [5.74, 6) is 0.703. The van der Waals surface area contributed by atoms with E-state index < -0.39 is 0 Å². The van der Waals surface area contributed by atoms with Gasteiger partial charge >= 0.3 is 0 Å². The summed E-state index contributed by atoms with van der Waals surface area (Å²) in [4.78, 5) is 15.7. The first-order valence-electron chi connectivity index (χ1n) is 9.64. The van der Waals surface area contributed by atoms with Crippen molar-refractivity contribution >= 4 is 5.91 Å². The van der Waals surface area contributed by atoms with Gasteiger partial charge < -0.3 is 4.90 Å². The Hall–Kier alpha value is -2.09. The lowest BCUT2D eigenvalue weighted by Gasteiger charge is -2.46. The van der Waals surface area contributed by atoms with Gasteiger partial charge in [0.15, 0.2) is 0 Å². The van der Waals surface area contributed by atoms with E-state index in [2.05, 4.69) is 36.1 Å². The fraction of sp³-hybridized carbons (Fsp3) is 0.435. The molecule has 0 bridgehead atoms. The van der Waals surface area contributed by atoms with E-state index in [9.17, 15) is 4.79 Å². The third-order valence-electron chi connectivity index (χ3n) is 6.22. The van der Waals surface area contributed by atoms with Gasteiger partial charge in [0.25, 0.3) is 5.91 Å². The summed E-state index contributed by atoms with van der Waals surface area (Å²) >= 11 is 0. The van der Waals surface area contributed by atoms with Crippen molar-refractivity contribution < 1.29 is 4.79 Å². The molecule has 1 spiro atoms. The Morgan fingerprint density at radius 3 is 2.40 bits per heavy atom. The van der Waals surface area contributed by atoms with Gasteiger partial charge in [-0.05, 0) is 48.4 Å². The molecule has 1 fully saturated rings. The molecule has 1 amide bonds. The highest BCUT2D eigenvalue weighted by Gasteiger charge is 2.44. The SMILES string of the molecule is C[C@H]1CC2(CCCCC2)N(C(=O)c2ccccc2)Cc2ccccc21. The van der Waals surface area contributed by atoms with E-state index in [0.717, 1.165) is 31.4 Å². The Bertz CT molecular complexity index is 746. The molecule has 0 radical (unpaired) electrons. The second-order valence-corrected chi connectivity index (χ2v) is 7.85. The average Bonchev–Trinajstić information content (AvgIpc) is 2.78. The van der Waals surface area contributed by atoms with Crippen LogP contribution in [-0.2, 0) is 6.54 Å². The van der Waals surface area contributed by atoms with Gasteiger partial charge in [0.05, 0.1) is 0 Å². The average molecular weight is 333 g/mol. The van der Waals surface area contributed by atoms with Crippen LogP contribution in [0.3, 0.4) is 0 Å². The quantitative estimate of drug-likeness (QED) is 0.671. The summed E-state index contributed by atoms with van der Waals surface area (Å²) in [5, 5.41) is 0. The van der Waals surface area contributed by atoms with Crippen molar-refractivity contribution in [2.75, 3.05) is 0 Å². The fourth-order valence-electron chi connectivity index (χ4n) is 4.99. The minimum atomic E-state index is 0.0175. The van der Waals surface area contributed by atoms with Crippen LogP contribution >= 0.6 is 0 Å². The number of amides is 1. The Balaban J connectivity index is 1.78. The number of rotatable bonds is 1. The van der Waals surface area contributed by atoms with E-state index in [1.54, 1.807) is 0 Å². The van der Waals surface area contributed by atoms with Crippen molar-refractivity contribution in [2.45, 2.75) is 63.5 Å². The fourth-order valence-corrected chi connectivity index (χ4v) is 4.99. The van der Waals surface area contributed by atoms with Crippen LogP contribution < -0.4 is 0 Å². The van der Waals surface area contributed by atoms with Crippen LogP contribution in [0.2, 0.25) is 0 Å². The van der Waals surface area contributed by atoms with Crippen molar-refractivity contribution in [1.29, 1.82) is 0 Å². The molecule has 2 aromatic carbocycles. The molecule has 1 aliphatic carbocycles. The maximum atomic E-state index is 13.5. The predicted octanol–water partition coefficient (Wildman–Crippen LogP) is 5.54. The van der Waals surface area contributed by atoms with Crippen molar-refractivity contribution in [3.05, 3.63) is 71.3 Å². The molecule has 2 heteroatoms. The molecular formula is C23H27NO. The minimum Gasteiger partial charge on any atom is -0.329 e. The zero-order chi connectivity index (χ0) is 17.3. The molecule has 1 atom stereocenters. The van der Waals surface area contributed by atoms with Crippen LogP contribution in [0.1, 0.15) is 72.9 Å². The number of fused-ring (bicyclic) bond motifs is 1. The molecule has 2 nitrogen and oxygen atoms in total. The highest BCUT2D eigenvalue weighted by atomic mass is 16.2. The normalized spacial score (nSPS) is 22.3. The molecule has 4 rings (SSSR count). The number of hydrogen-bond donors (Lipinski definition) is 0. The zero-order valence-electron chi connectivity index (χ0n) is 15.1. The molecule has 0 N–H and O–H groups in total. The third-order valence-corrected chi connectivity index (χ3v) is 6.22. The first-order valence-corrected chi connectivity index (χ1v) is 9.64. The number of carbonyl (C=O) groups is 1. The molecule has 0 unspecified atom stereocenters. The van der Waals surface area contributed by atoms with Crippen LogP contribution in [0.15, 0.2) is 54.6 Å². The van der Waals surface area contributed by atoms with E-state index in [0.29, 0.717) is 5.92 Å². The van der Waals surface area contributed by atoms with E-state index in [-0.39, 0.29) is 11.4 Å². The highest BCUT2D eigenvalue weighted by molar-refractivity contribution is 5.94. The standard InChI is InChI=1S/C23H27NO/c1-18-16-23(14-8-3-9-15-23)24(17-20-12-6-7-13-21(18)20)22(25)19-10-4-2-5-11-19/h2,4-7,10-13,18H,3,8-9,14-17H2,1H3/t18-/m0/s1. The van der Waals surface area contributed by atoms with Gasteiger partial charge in [-0.2, -0.15) is 0 Å². The van der Waals surface area contributed by atoms with Gasteiger partial charge in [-0.3, -0.25) is 4.79 Å². The number of nitrogens with zero attached hydrogens (tertiary/aromatic N) is 1. The molecule has 2 aliphatic rings. The highest BCUT2D eigenvalue weighted by Crippen LogP contribution is 2.45. The largest absolute Gasteiger partial charge is 0.329 e. The summed E-state index contributed by atoms with van der Waals surface area (Å²) in [5.41, 5.74) is 3.58. The van der Waals surface area contributed by atoms with Crippen LogP contribution in [0, 0.1) is 0 Å². The van der Waals surface area contributed by atoms with Crippen LogP contribution in [0.5, 0.6) is 0 Å². The molecule has 25 heavy (non-hydrogen) atoms. The summed E-state index contributed by atoms with van der Waals surface area (Å²) < 4.78 is 0. The molecule has 1 aliphatic heterocycles. The molecule has 1 heterocycles. The Morgan fingerprint density at radius 1 is 0.960 bits per heavy atom. The van der Waals surface area contributed by atoms with Crippen LogP contribution in [0.25, 0.3) is 0 Å². The summed E-state index contributed by atoms with van der Waals surface area (Å²) in [6.45, 7) is 3.08. The summed E-state index contributed by atoms with van der Waals surface area (Å²) in [6.07, 6.45) is 7.15. The summed E-state index contributed by atoms with van der Waals surface area (Å²) in [6, 6.07) is 18.5. The lowest BCUT2D eigenvalue weighted by atomic mass is 9.74. The first-order chi connectivity index (χ1) is 12.2. The number of benzene rings is 2. The Labute approximate surface area is 150 Å². The first kappa shape index (κ1) is 16.4. The van der Waals surface area contributed by atoms with Gasteiger partial charge in [-0.25, -0.2) is 0 Å². The maximum absolute atomic E-state index is 13.5. The van der Waals surface area contributed by atoms with Gasteiger partial charge in [0.1, 0.15) is 0 Å². The third kappa shape index (κ3) is 2.99. The van der Waals surface area contributed by atoms with Crippen LogP contribution in [0.4, 0.5) is 0 Å². The van der Waals surface area contributed by atoms with Gasteiger partial charge in [0.2, 0.25) is 0 Å². The smallest absolute Gasteiger partial charge is 0.254 e. The van der Waals surface area contributed by atoms with Gasteiger partial charge in [-0.1, -0.05) is 68.7 Å². The van der Waals surface area contributed by atoms with E-state index in [4.69, 9.17) is 0 Å². The monoisotopic (exact) mass is 333 g/mol. The van der Waals surface area contributed by atoms with E-state index >= 15 is 0 Å². The van der Waals surface area contributed by atoms with E-state index in [1.807, 2.05) is 30.3 Å². The van der Waals surface area contributed by atoms with Gasteiger partial charge in [-0.15, -0.1) is 0 Å². The van der Waals surface area contributed by atoms with Gasteiger partial charge in [0, 0.05) is 17.6 Å². The second-order valence-electron chi connectivity index (χ2n) is 7.85. The Morgan fingerprint density at radius 2 is 1.64 bits per heavy atom. The molecule has 0 aromatic heterocycles. The van der Waals surface area contributed by atoms with Crippen molar-refractivity contribution in [3.63, 3.8) is 0 Å².